The van der Waals surface area contributed by atoms with Crippen LogP contribution in [-0.2, 0) is 0 Å². The SMILES string of the molecule is CC1=NC2=C(C#N)C=NC3=CC=C(Br)C(=N1)N32. The van der Waals surface area contributed by atoms with Crippen molar-refractivity contribution in [1.82, 2.24) is 4.90 Å². The Morgan fingerprint density at radius 2 is 2.18 bits per heavy atom. The molecule has 0 saturated heterocycles. The normalized spacial score (nSPS) is 21.1. The minimum absolute atomic E-state index is 0.441. The molecule has 82 valence electrons. The molecule has 0 N–H and O–H groups in total. The first kappa shape index (κ1) is 10.2. The van der Waals surface area contributed by atoms with Gasteiger partial charge in [0.05, 0.1) is 10.7 Å². The van der Waals surface area contributed by atoms with E-state index in [1.54, 1.807) is 11.8 Å². The van der Waals surface area contributed by atoms with Crippen molar-refractivity contribution in [2.24, 2.45) is 15.0 Å². The third-order valence-electron chi connectivity index (χ3n) is 2.47. The maximum absolute atomic E-state index is 9.06. The molecule has 0 aromatic rings. The van der Waals surface area contributed by atoms with Gasteiger partial charge >= 0.3 is 0 Å². The molecular weight excluding hydrogens is 282 g/mol. The van der Waals surface area contributed by atoms with E-state index in [0.29, 0.717) is 17.2 Å². The van der Waals surface area contributed by atoms with E-state index < -0.39 is 0 Å². The lowest BCUT2D eigenvalue weighted by Crippen LogP contribution is -2.36. The molecule has 0 atom stereocenters. The largest absolute Gasteiger partial charge is 0.260 e. The van der Waals surface area contributed by atoms with E-state index in [1.165, 1.54) is 6.21 Å². The minimum Gasteiger partial charge on any atom is -0.260 e. The first-order valence-corrected chi connectivity index (χ1v) is 5.70. The van der Waals surface area contributed by atoms with Crippen LogP contribution in [0, 0.1) is 11.3 Å². The number of nitriles is 1. The summed E-state index contributed by atoms with van der Waals surface area (Å²) in [6.07, 6.45) is 5.27. The van der Waals surface area contributed by atoms with Gasteiger partial charge in [-0.25, -0.2) is 15.0 Å². The summed E-state index contributed by atoms with van der Waals surface area (Å²) in [4.78, 5) is 14.6. The van der Waals surface area contributed by atoms with Gasteiger partial charge in [-0.1, -0.05) is 0 Å². The van der Waals surface area contributed by atoms with Crippen LogP contribution in [0.5, 0.6) is 0 Å². The molecule has 0 amide bonds. The number of aliphatic imine (C=N–C) groups is 3. The number of hydrogen-bond acceptors (Lipinski definition) is 5. The van der Waals surface area contributed by atoms with Gasteiger partial charge in [0.2, 0.25) is 0 Å². The summed E-state index contributed by atoms with van der Waals surface area (Å²) in [7, 11) is 0. The number of nitrogens with zero attached hydrogens (tertiary/aromatic N) is 5. The summed E-state index contributed by atoms with van der Waals surface area (Å²) in [5, 5.41) is 9.06. The van der Waals surface area contributed by atoms with Gasteiger partial charge in [0.1, 0.15) is 23.3 Å². The second-order valence-electron chi connectivity index (χ2n) is 3.58. The van der Waals surface area contributed by atoms with Gasteiger partial charge in [0.15, 0.2) is 11.7 Å². The average molecular weight is 288 g/mol. The quantitative estimate of drug-likeness (QED) is 0.685. The molecule has 5 nitrogen and oxygen atoms in total. The molecule has 0 aromatic heterocycles. The minimum atomic E-state index is 0.441. The zero-order valence-corrected chi connectivity index (χ0v) is 10.4. The second kappa shape index (κ2) is 3.50. The predicted molar refractivity (Wildman–Crippen MR) is 68.6 cm³/mol. The van der Waals surface area contributed by atoms with Gasteiger partial charge in [0, 0.05) is 0 Å². The molecule has 0 saturated carbocycles. The summed E-state index contributed by atoms with van der Waals surface area (Å²) in [5.41, 5.74) is 0.441. The van der Waals surface area contributed by atoms with Crippen molar-refractivity contribution >= 4 is 33.8 Å². The smallest absolute Gasteiger partial charge is 0.161 e. The Bertz CT molecular complexity index is 639. The topological polar surface area (TPSA) is 64.1 Å². The fraction of sp³-hybridized carbons (Fsp3) is 0.0909. The van der Waals surface area contributed by atoms with Crippen molar-refractivity contribution in [2.45, 2.75) is 6.92 Å². The lowest BCUT2D eigenvalue weighted by Gasteiger charge is -2.33. The van der Waals surface area contributed by atoms with Crippen LogP contribution in [-0.4, -0.2) is 22.8 Å². The molecule has 0 radical (unpaired) electrons. The predicted octanol–water partition coefficient (Wildman–Crippen LogP) is 2.07. The van der Waals surface area contributed by atoms with Crippen LogP contribution in [0.3, 0.4) is 0 Å². The Hall–Kier alpha value is -2.00. The highest BCUT2D eigenvalue weighted by Gasteiger charge is 2.32. The Balaban J connectivity index is 2.30. The van der Waals surface area contributed by atoms with Gasteiger partial charge in [-0.2, -0.15) is 5.26 Å². The van der Waals surface area contributed by atoms with Crippen LogP contribution < -0.4 is 0 Å². The fourth-order valence-corrected chi connectivity index (χ4v) is 2.15. The summed E-state index contributed by atoms with van der Waals surface area (Å²) in [6.45, 7) is 1.80. The number of amidine groups is 2. The highest BCUT2D eigenvalue weighted by molar-refractivity contribution is 9.12. The molecule has 3 rings (SSSR count). The summed E-state index contributed by atoms with van der Waals surface area (Å²) >= 11 is 3.44. The molecule has 0 unspecified atom stereocenters. The first-order valence-electron chi connectivity index (χ1n) is 4.91. The Labute approximate surface area is 106 Å². The number of halogens is 1. The van der Waals surface area contributed by atoms with Crippen molar-refractivity contribution in [1.29, 1.82) is 5.26 Å². The van der Waals surface area contributed by atoms with Gasteiger partial charge in [-0.3, -0.25) is 4.90 Å². The molecule has 17 heavy (non-hydrogen) atoms. The third-order valence-corrected chi connectivity index (χ3v) is 3.09. The highest BCUT2D eigenvalue weighted by Crippen LogP contribution is 2.32. The molecule has 0 aliphatic carbocycles. The monoisotopic (exact) mass is 287 g/mol. The van der Waals surface area contributed by atoms with Crippen LogP contribution in [0.4, 0.5) is 0 Å². The van der Waals surface area contributed by atoms with E-state index in [9.17, 15) is 0 Å². The molecule has 0 bridgehead atoms. The third kappa shape index (κ3) is 1.40. The lowest BCUT2D eigenvalue weighted by atomic mass is 10.2. The van der Waals surface area contributed by atoms with E-state index in [-0.39, 0.29) is 0 Å². The standard InChI is InChI=1S/C11H6BrN5/c1-6-15-10-7(4-13)5-14-9-3-2-8(12)11(16-6)17(9)10/h2-3,5H,1H3. The van der Waals surface area contributed by atoms with Gasteiger partial charge in [-0.05, 0) is 35.0 Å². The zero-order valence-electron chi connectivity index (χ0n) is 8.85. The summed E-state index contributed by atoms with van der Waals surface area (Å²) < 4.78 is 0.849. The van der Waals surface area contributed by atoms with Crippen molar-refractivity contribution in [3.63, 3.8) is 0 Å². The van der Waals surface area contributed by atoms with E-state index in [4.69, 9.17) is 5.26 Å². The van der Waals surface area contributed by atoms with Gasteiger partial charge < -0.3 is 0 Å². The molecule has 3 aliphatic rings. The van der Waals surface area contributed by atoms with Crippen LogP contribution in [0.15, 0.2) is 48.8 Å². The highest BCUT2D eigenvalue weighted by atomic mass is 79.9. The zero-order chi connectivity index (χ0) is 12.0. The second-order valence-corrected chi connectivity index (χ2v) is 4.43. The molecular formula is C11H6BrN5. The maximum atomic E-state index is 9.06. The molecule has 0 spiro atoms. The maximum Gasteiger partial charge on any atom is 0.161 e. The number of hydrogen-bond donors (Lipinski definition) is 0. The van der Waals surface area contributed by atoms with E-state index >= 15 is 0 Å². The number of allylic oxidation sites excluding steroid dienone is 3. The average Bonchev–Trinajstić information content (AvgIpc) is 2.33. The van der Waals surface area contributed by atoms with Gasteiger partial charge in [0.25, 0.3) is 0 Å². The molecule has 0 aromatic carbocycles. The van der Waals surface area contributed by atoms with Crippen molar-refractivity contribution < 1.29 is 0 Å². The van der Waals surface area contributed by atoms with Gasteiger partial charge in [-0.15, -0.1) is 0 Å². The van der Waals surface area contributed by atoms with Crippen LogP contribution in [0.2, 0.25) is 0 Å². The molecule has 3 heterocycles. The molecule has 3 aliphatic heterocycles. The van der Waals surface area contributed by atoms with Crippen LogP contribution >= 0.6 is 15.9 Å². The molecule has 6 heteroatoms. The van der Waals surface area contributed by atoms with E-state index in [2.05, 4.69) is 37.0 Å². The van der Waals surface area contributed by atoms with Crippen LogP contribution in [0.1, 0.15) is 6.92 Å². The summed E-state index contributed by atoms with van der Waals surface area (Å²) in [5.74, 6) is 2.65. The lowest BCUT2D eigenvalue weighted by molar-refractivity contribution is 0.596. The van der Waals surface area contributed by atoms with Crippen LogP contribution in [0.25, 0.3) is 0 Å². The van der Waals surface area contributed by atoms with Crippen molar-refractivity contribution in [3.05, 3.63) is 33.8 Å². The Morgan fingerprint density at radius 1 is 1.35 bits per heavy atom. The number of rotatable bonds is 0. The first-order chi connectivity index (χ1) is 8.20. The Kier molecular flexibility index (Phi) is 2.09. The molecule has 0 fully saturated rings. The fourth-order valence-electron chi connectivity index (χ4n) is 1.75. The van der Waals surface area contributed by atoms with E-state index in [0.717, 1.165) is 16.1 Å². The van der Waals surface area contributed by atoms with E-state index in [1.807, 2.05) is 12.2 Å². The summed E-state index contributed by atoms with van der Waals surface area (Å²) in [6, 6.07) is 2.09. The van der Waals surface area contributed by atoms with Crippen molar-refractivity contribution in [3.8, 4) is 6.07 Å². The Morgan fingerprint density at radius 3 is 2.94 bits per heavy atom. The van der Waals surface area contributed by atoms with Crippen molar-refractivity contribution in [2.75, 3.05) is 0 Å².